The van der Waals surface area contributed by atoms with Crippen molar-refractivity contribution < 1.29 is 14.0 Å². The molecule has 2 atom stereocenters. The Hall–Kier alpha value is -2.40. The van der Waals surface area contributed by atoms with E-state index in [0.717, 1.165) is 18.4 Å². The summed E-state index contributed by atoms with van der Waals surface area (Å²) in [5.74, 6) is -1.22. The van der Waals surface area contributed by atoms with Gasteiger partial charge >= 0.3 is 0 Å². The number of halogens is 2. The molecule has 0 unspecified atom stereocenters. The van der Waals surface area contributed by atoms with Gasteiger partial charge in [0.2, 0.25) is 11.8 Å². The number of anilines is 1. The Bertz CT molecular complexity index is 886. The van der Waals surface area contributed by atoms with E-state index < -0.39 is 11.7 Å². The molecule has 6 heteroatoms. The molecule has 4 rings (SSSR count). The van der Waals surface area contributed by atoms with Crippen LogP contribution in [0.25, 0.3) is 0 Å². The fourth-order valence-electron chi connectivity index (χ4n) is 3.78. The molecule has 2 aromatic carbocycles. The van der Waals surface area contributed by atoms with Crippen LogP contribution in [0.3, 0.4) is 0 Å². The number of hydrogen-bond acceptors (Lipinski definition) is 2. The van der Waals surface area contributed by atoms with Gasteiger partial charge in [-0.2, -0.15) is 0 Å². The molecule has 4 nitrogen and oxygen atoms in total. The molecule has 26 heavy (non-hydrogen) atoms. The Morgan fingerprint density at radius 3 is 2.85 bits per heavy atom. The van der Waals surface area contributed by atoms with E-state index in [1.807, 2.05) is 18.2 Å². The summed E-state index contributed by atoms with van der Waals surface area (Å²) in [7, 11) is 0. The number of fused-ring (bicyclic) bond motifs is 1. The van der Waals surface area contributed by atoms with Crippen molar-refractivity contribution in [1.29, 1.82) is 0 Å². The number of nitrogens with one attached hydrogen (secondary N) is 1. The molecular weight excluding hydrogens is 355 g/mol. The second-order valence-corrected chi connectivity index (χ2v) is 7.21. The molecule has 2 aliphatic rings. The Labute approximate surface area is 155 Å². The van der Waals surface area contributed by atoms with E-state index in [2.05, 4.69) is 11.4 Å². The van der Waals surface area contributed by atoms with Crippen molar-refractivity contribution in [3.8, 4) is 0 Å². The lowest BCUT2D eigenvalue weighted by Gasteiger charge is -2.19. The summed E-state index contributed by atoms with van der Waals surface area (Å²) in [6.45, 7) is 0.279. The first-order valence-electron chi connectivity index (χ1n) is 8.66. The monoisotopic (exact) mass is 372 g/mol. The number of amides is 2. The third-order valence-corrected chi connectivity index (χ3v) is 5.45. The minimum atomic E-state index is -0.531. The van der Waals surface area contributed by atoms with E-state index in [-0.39, 0.29) is 35.8 Å². The molecule has 0 radical (unpaired) electrons. The third-order valence-electron chi connectivity index (χ3n) is 5.16. The number of hydrogen-bond donors (Lipinski definition) is 1. The van der Waals surface area contributed by atoms with Crippen molar-refractivity contribution in [2.24, 2.45) is 5.92 Å². The van der Waals surface area contributed by atoms with Crippen LogP contribution in [0.2, 0.25) is 5.02 Å². The van der Waals surface area contributed by atoms with Crippen LogP contribution in [0, 0.1) is 11.7 Å². The largest absolute Gasteiger partial charge is 0.349 e. The third kappa shape index (κ3) is 3.07. The maximum atomic E-state index is 13.3. The molecule has 1 aliphatic carbocycles. The highest BCUT2D eigenvalue weighted by molar-refractivity contribution is 6.31. The van der Waals surface area contributed by atoms with Gasteiger partial charge in [-0.15, -0.1) is 0 Å². The first-order chi connectivity index (χ1) is 12.5. The summed E-state index contributed by atoms with van der Waals surface area (Å²) in [5.41, 5.74) is 2.94. The first kappa shape index (κ1) is 17.0. The normalized spacial score (nSPS) is 21.8. The average Bonchev–Trinajstić information content (AvgIpc) is 3.22. The molecule has 1 fully saturated rings. The van der Waals surface area contributed by atoms with Crippen molar-refractivity contribution >= 4 is 29.1 Å². The lowest BCUT2D eigenvalue weighted by atomic mass is 10.1. The number of aryl methyl sites for hydroxylation is 1. The summed E-state index contributed by atoms with van der Waals surface area (Å²) in [6.07, 6.45) is 1.98. The van der Waals surface area contributed by atoms with Crippen molar-refractivity contribution in [2.75, 3.05) is 11.4 Å². The zero-order valence-electron chi connectivity index (χ0n) is 14.0. The fourth-order valence-corrected chi connectivity index (χ4v) is 3.96. The second kappa shape index (κ2) is 6.72. The van der Waals surface area contributed by atoms with E-state index >= 15 is 0 Å². The molecule has 2 aromatic rings. The molecule has 1 heterocycles. The van der Waals surface area contributed by atoms with Gasteiger partial charge in [0.25, 0.3) is 0 Å². The molecule has 134 valence electrons. The lowest BCUT2D eigenvalue weighted by molar-refractivity contribution is -0.127. The Morgan fingerprint density at radius 2 is 2.04 bits per heavy atom. The Morgan fingerprint density at radius 1 is 1.23 bits per heavy atom. The number of rotatable bonds is 3. The second-order valence-electron chi connectivity index (χ2n) is 6.80. The fraction of sp³-hybridized carbons (Fsp3) is 0.300. The van der Waals surface area contributed by atoms with Crippen LogP contribution < -0.4 is 10.2 Å². The van der Waals surface area contributed by atoms with Gasteiger partial charge < -0.3 is 10.2 Å². The molecule has 1 aliphatic heterocycles. The van der Waals surface area contributed by atoms with E-state index in [0.29, 0.717) is 5.69 Å². The predicted molar refractivity (Wildman–Crippen MR) is 97.5 cm³/mol. The highest BCUT2D eigenvalue weighted by Gasteiger charge is 2.36. The van der Waals surface area contributed by atoms with E-state index in [9.17, 15) is 14.0 Å². The zero-order chi connectivity index (χ0) is 18.3. The summed E-state index contributed by atoms with van der Waals surface area (Å²) in [6, 6.07) is 12.3. The van der Waals surface area contributed by atoms with Crippen LogP contribution in [0.1, 0.15) is 30.0 Å². The van der Waals surface area contributed by atoms with Gasteiger partial charge in [0.1, 0.15) is 5.82 Å². The SMILES string of the molecule is O=C(N[C@H]1CCc2ccccc21)[C@H]1CC(=O)N(c2ccc(F)c(Cl)c2)C1. The summed E-state index contributed by atoms with van der Waals surface area (Å²) in [5, 5.41) is 3.05. The molecule has 1 saturated heterocycles. The van der Waals surface area contributed by atoms with Gasteiger partial charge in [-0.25, -0.2) is 4.39 Å². The summed E-state index contributed by atoms with van der Waals surface area (Å²) >= 11 is 5.81. The van der Waals surface area contributed by atoms with Crippen LogP contribution in [0.15, 0.2) is 42.5 Å². The maximum absolute atomic E-state index is 13.3. The molecule has 1 N–H and O–H groups in total. The topological polar surface area (TPSA) is 49.4 Å². The van der Waals surface area contributed by atoms with Gasteiger partial charge in [-0.1, -0.05) is 35.9 Å². The molecule has 2 amide bonds. The van der Waals surface area contributed by atoms with Gasteiger partial charge in [0.15, 0.2) is 0 Å². The quantitative estimate of drug-likeness (QED) is 0.894. The molecule has 0 spiro atoms. The van der Waals surface area contributed by atoms with E-state index in [4.69, 9.17) is 11.6 Å². The van der Waals surface area contributed by atoms with Crippen molar-refractivity contribution in [3.63, 3.8) is 0 Å². The number of carbonyl (C=O) groups is 2. The van der Waals surface area contributed by atoms with Gasteiger partial charge in [-0.05, 0) is 42.2 Å². The van der Waals surface area contributed by atoms with Gasteiger partial charge in [-0.3, -0.25) is 9.59 Å². The smallest absolute Gasteiger partial charge is 0.227 e. The van der Waals surface area contributed by atoms with Crippen LogP contribution in [-0.2, 0) is 16.0 Å². The molecular formula is C20H18ClFN2O2. The van der Waals surface area contributed by atoms with Gasteiger partial charge in [0.05, 0.1) is 17.0 Å². The summed E-state index contributed by atoms with van der Waals surface area (Å²) in [4.78, 5) is 26.5. The Kier molecular flexibility index (Phi) is 4.41. The zero-order valence-corrected chi connectivity index (χ0v) is 14.8. The van der Waals surface area contributed by atoms with E-state index in [1.165, 1.54) is 28.7 Å². The average molecular weight is 373 g/mol. The number of benzene rings is 2. The molecule has 0 saturated carbocycles. The van der Waals surface area contributed by atoms with Crippen molar-refractivity contribution in [2.45, 2.75) is 25.3 Å². The molecule has 0 bridgehead atoms. The van der Waals surface area contributed by atoms with Crippen molar-refractivity contribution in [1.82, 2.24) is 5.32 Å². The highest BCUT2D eigenvalue weighted by Crippen LogP contribution is 2.32. The van der Waals surface area contributed by atoms with Crippen molar-refractivity contribution in [3.05, 3.63) is 64.4 Å². The highest BCUT2D eigenvalue weighted by atomic mass is 35.5. The molecule has 0 aromatic heterocycles. The number of nitrogens with zero attached hydrogens (tertiary/aromatic N) is 1. The lowest BCUT2D eigenvalue weighted by Crippen LogP contribution is -2.34. The van der Waals surface area contributed by atoms with Gasteiger partial charge in [0, 0.05) is 18.7 Å². The maximum Gasteiger partial charge on any atom is 0.227 e. The first-order valence-corrected chi connectivity index (χ1v) is 9.04. The van der Waals surface area contributed by atoms with E-state index in [1.54, 1.807) is 0 Å². The Balaban J connectivity index is 1.45. The van der Waals surface area contributed by atoms with Crippen LogP contribution in [0.5, 0.6) is 0 Å². The standard InChI is InChI=1S/C20H18ClFN2O2/c21-16-10-14(6-7-17(16)22)24-11-13(9-19(24)25)20(26)23-18-8-5-12-3-1-2-4-15(12)18/h1-4,6-7,10,13,18H,5,8-9,11H2,(H,23,26)/t13-,18-/m0/s1. The minimum absolute atomic E-state index is 0.00289. The predicted octanol–water partition coefficient (Wildman–Crippen LogP) is 3.64. The summed E-state index contributed by atoms with van der Waals surface area (Å²) < 4.78 is 13.3. The van der Waals surface area contributed by atoms with Crippen LogP contribution in [-0.4, -0.2) is 18.4 Å². The van der Waals surface area contributed by atoms with Crippen LogP contribution >= 0.6 is 11.6 Å². The van der Waals surface area contributed by atoms with Crippen LogP contribution in [0.4, 0.5) is 10.1 Å². The number of carbonyl (C=O) groups excluding carboxylic acids is 2. The minimum Gasteiger partial charge on any atom is -0.349 e.